The lowest BCUT2D eigenvalue weighted by Crippen LogP contribution is -2.53. The number of carboxylic acids is 1. The quantitative estimate of drug-likeness (QED) is 0.900. The van der Waals surface area contributed by atoms with Gasteiger partial charge in [0.15, 0.2) is 6.04 Å². The fourth-order valence-electron chi connectivity index (χ4n) is 2.68. The zero-order chi connectivity index (χ0) is 15.7. The summed E-state index contributed by atoms with van der Waals surface area (Å²) in [4.78, 5) is 28.1. The minimum absolute atomic E-state index is 0.0323. The Morgan fingerprint density at radius 1 is 1.45 bits per heavy atom. The van der Waals surface area contributed by atoms with Crippen LogP contribution in [0.5, 0.6) is 0 Å². The number of benzene rings is 1. The number of nitrogens with one attached hydrogen (secondary N) is 1. The van der Waals surface area contributed by atoms with E-state index >= 15 is 0 Å². The van der Waals surface area contributed by atoms with E-state index in [2.05, 4.69) is 4.98 Å². The highest BCUT2D eigenvalue weighted by Gasteiger charge is 2.32. The average Bonchev–Trinajstić information content (AvgIpc) is 2.89. The highest BCUT2D eigenvalue weighted by Crippen LogP contribution is 2.23. The van der Waals surface area contributed by atoms with Crippen LogP contribution in [-0.4, -0.2) is 52.7 Å². The van der Waals surface area contributed by atoms with Crippen molar-refractivity contribution >= 4 is 34.4 Å². The number of halogens is 1. The number of morpholine rings is 1. The maximum Gasteiger partial charge on any atom is 0.328 e. The molecule has 116 valence electrons. The van der Waals surface area contributed by atoms with Gasteiger partial charge in [0, 0.05) is 28.7 Å². The fraction of sp³-hybridized carbons (Fsp3) is 0.333. The van der Waals surface area contributed by atoms with Gasteiger partial charge in [-0.25, -0.2) is 4.79 Å². The summed E-state index contributed by atoms with van der Waals surface area (Å²) >= 11 is 5.94. The number of aromatic amines is 1. The summed E-state index contributed by atoms with van der Waals surface area (Å²) in [6, 6.07) is 4.49. The number of carbonyl (C=O) groups is 2. The van der Waals surface area contributed by atoms with Crippen molar-refractivity contribution in [1.82, 2.24) is 9.88 Å². The zero-order valence-corrected chi connectivity index (χ0v) is 12.5. The van der Waals surface area contributed by atoms with Crippen molar-refractivity contribution in [2.24, 2.45) is 0 Å². The van der Waals surface area contributed by atoms with E-state index in [1.54, 1.807) is 18.3 Å². The normalized spacial score (nSPS) is 18.6. The van der Waals surface area contributed by atoms with Crippen molar-refractivity contribution in [1.29, 1.82) is 0 Å². The van der Waals surface area contributed by atoms with E-state index in [4.69, 9.17) is 16.3 Å². The molecule has 3 rings (SSSR count). The lowest BCUT2D eigenvalue weighted by molar-refractivity contribution is -0.157. The van der Waals surface area contributed by atoms with E-state index in [0.29, 0.717) is 18.2 Å². The maximum absolute atomic E-state index is 12.5. The number of carboxylic acid groups (broad SMARTS) is 1. The van der Waals surface area contributed by atoms with Crippen LogP contribution in [-0.2, 0) is 20.7 Å². The number of fused-ring (bicyclic) bond motifs is 1. The van der Waals surface area contributed by atoms with Gasteiger partial charge >= 0.3 is 5.97 Å². The molecule has 2 N–H and O–H groups in total. The summed E-state index contributed by atoms with van der Waals surface area (Å²) in [7, 11) is 0. The Morgan fingerprint density at radius 2 is 2.27 bits per heavy atom. The predicted octanol–water partition coefficient (Wildman–Crippen LogP) is 1.68. The second-order valence-electron chi connectivity index (χ2n) is 5.20. The number of aliphatic carboxylic acids is 1. The molecule has 2 heterocycles. The van der Waals surface area contributed by atoms with Crippen LogP contribution in [0.1, 0.15) is 5.56 Å². The van der Waals surface area contributed by atoms with Crippen LogP contribution in [0.15, 0.2) is 24.4 Å². The summed E-state index contributed by atoms with van der Waals surface area (Å²) in [5.74, 6) is -1.26. The Morgan fingerprint density at radius 3 is 3.05 bits per heavy atom. The summed E-state index contributed by atoms with van der Waals surface area (Å²) in [5, 5.41) is 10.7. The summed E-state index contributed by atoms with van der Waals surface area (Å²) in [6.07, 6.45) is 1.90. The number of ether oxygens (including phenoxy) is 1. The first-order valence-corrected chi connectivity index (χ1v) is 7.29. The monoisotopic (exact) mass is 322 g/mol. The van der Waals surface area contributed by atoms with Crippen LogP contribution in [0.2, 0.25) is 5.02 Å². The first kappa shape index (κ1) is 14.9. The van der Waals surface area contributed by atoms with E-state index in [9.17, 15) is 14.7 Å². The number of hydrogen-bond acceptors (Lipinski definition) is 3. The molecule has 0 aliphatic carbocycles. The summed E-state index contributed by atoms with van der Waals surface area (Å²) in [6.45, 7) is 0.688. The van der Waals surface area contributed by atoms with Crippen molar-refractivity contribution in [3.8, 4) is 0 Å². The molecule has 0 saturated carbocycles. The lowest BCUT2D eigenvalue weighted by Gasteiger charge is -2.32. The number of amides is 1. The van der Waals surface area contributed by atoms with E-state index < -0.39 is 12.0 Å². The Balaban J connectivity index is 1.81. The number of aromatic nitrogens is 1. The highest BCUT2D eigenvalue weighted by atomic mass is 35.5. The lowest BCUT2D eigenvalue weighted by atomic mass is 10.1. The summed E-state index contributed by atoms with van der Waals surface area (Å²) < 4.78 is 5.15. The number of H-pyrrole nitrogens is 1. The molecule has 1 aromatic heterocycles. The molecule has 1 saturated heterocycles. The Kier molecular flexibility index (Phi) is 4.04. The first-order chi connectivity index (χ1) is 10.6. The fourth-order valence-corrected chi connectivity index (χ4v) is 2.85. The van der Waals surface area contributed by atoms with Crippen LogP contribution in [0.4, 0.5) is 0 Å². The molecular formula is C15H15ClN2O4. The molecule has 0 spiro atoms. The third-order valence-electron chi connectivity index (χ3n) is 3.81. The molecule has 0 radical (unpaired) electrons. The van der Waals surface area contributed by atoms with Crippen molar-refractivity contribution in [3.63, 3.8) is 0 Å². The van der Waals surface area contributed by atoms with E-state index in [1.165, 1.54) is 4.90 Å². The third-order valence-corrected chi connectivity index (χ3v) is 4.04. The topological polar surface area (TPSA) is 82.6 Å². The minimum Gasteiger partial charge on any atom is -0.480 e. The average molecular weight is 323 g/mol. The molecule has 6 nitrogen and oxygen atoms in total. The first-order valence-electron chi connectivity index (χ1n) is 6.92. The van der Waals surface area contributed by atoms with E-state index in [0.717, 1.165) is 16.5 Å². The van der Waals surface area contributed by atoms with Gasteiger partial charge in [-0.15, -0.1) is 0 Å². The van der Waals surface area contributed by atoms with Gasteiger partial charge in [-0.1, -0.05) is 17.7 Å². The van der Waals surface area contributed by atoms with Gasteiger partial charge in [-0.2, -0.15) is 0 Å². The largest absolute Gasteiger partial charge is 0.480 e. The van der Waals surface area contributed by atoms with E-state index in [-0.39, 0.29) is 18.9 Å². The third kappa shape index (κ3) is 2.80. The second-order valence-corrected chi connectivity index (χ2v) is 5.63. The van der Waals surface area contributed by atoms with Gasteiger partial charge in [0.1, 0.15) is 0 Å². The van der Waals surface area contributed by atoms with Crippen LogP contribution < -0.4 is 0 Å². The molecule has 1 aromatic carbocycles. The van der Waals surface area contributed by atoms with Gasteiger partial charge in [0.05, 0.1) is 19.6 Å². The summed E-state index contributed by atoms with van der Waals surface area (Å²) in [5.41, 5.74) is 1.68. The molecule has 22 heavy (non-hydrogen) atoms. The predicted molar refractivity (Wildman–Crippen MR) is 81.0 cm³/mol. The molecule has 1 atom stereocenters. The van der Waals surface area contributed by atoms with Crippen molar-refractivity contribution < 1.29 is 19.4 Å². The molecule has 7 heteroatoms. The Bertz CT molecular complexity index is 727. The second kappa shape index (κ2) is 5.98. The standard InChI is InChI=1S/C15H15ClN2O4/c16-10-1-2-11-9(7-17-12(11)6-10)5-14(19)18-3-4-22-8-13(18)15(20)21/h1-2,6-7,13,17H,3-5,8H2,(H,20,21). The number of nitrogens with zero attached hydrogens (tertiary/aromatic N) is 1. The van der Waals surface area contributed by atoms with Gasteiger partial charge in [0.25, 0.3) is 0 Å². The Hall–Kier alpha value is -2.05. The molecule has 1 unspecified atom stereocenters. The van der Waals surface area contributed by atoms with Gasteiger partial charge in [-0.3, -0.25) is 4.79 Å². The zero-order valence-electron chi connectivity index (χ0n) is 11.7. The SMILES string of the molecule is O=C(O)C1COCCN1C(=O)Cc1c[nH]c2cc(Cl)ccc12. The van der Waals surface area contributed by atoms with Crippen LogP contribution >= 0.6 is 11.6 Å². The maximum atomic E-state index is 12.5. The van der Waals surface area contributed by atoms with Gasteiger partial charge < -0.3 is 19.7 Å². The van der Waals surface area contributed by atoms with Crippen molar-refractivity contribution in [3.05, 3.63) is 35.0 Å². The van der Waals surface area contributed by atoms with Crippen molar-refractivity contribution in [2.75, 3.05) is 19.8 Å². The highest BCUT2D eigenvalue weighted by molar-refractivity contribution is 6.31. The molecule has 1 aliphatic heterocycles. The van der Waals surface area contributed by atoms with Gasteiger partial charge in [0.2, 0.25) is 5.91 Å². The number of carbonyl (C=O) groups excluding carboxylic acids is 1. The Labute approximate surface area is 131 Å². The molecule has 2 aromatic rings. The molecule has 1 aliphatic rings. The number of hydrogen-bond donors (Lipinski definition) is 2. The molecule has 0 bridgehead atoms. The molecular weight excluding hydrogens is 308 g/mol. The van der Waals surface area contributed by atoms with Gasteiger partial charge in [-0.05, 0) is 17.7 Å². The van der Waals surface area contributed by atoms with Crippen LogP contribution in [0.25, 0.3) is 10.9 Å². The van der Waals surface area contributed by atoms with E-state index in [1.807, 2.05) is 6.07 Å². The van der Waals surface area contributed by atoms with Crippen molar-refractivity contribution in [2.45, 2.75) is 12.5 Å². The number of rotatable bonds is 3. The smallest absolute Gasteiger partial charge is 0.328 e. The molecule has 1 amide bonds. The van der Waals surface area contributed by atoms with Crippen LogP contribution in [0, 0.1) is 0 Å². The minimum atomic E-state index is -1.04. The molecule has 1 fully saturated rings. The van der Waals surface area contributed by atoms with Crippen LogP contribution in [0.3, 0.4) is 0 Å².